The van der Waals surface area contributed by atoms with E-state index in [2.05, 4.69) is 22.4 Å². The molecule has 0 spiro atoms. The lowest BCUT2D eigenvalue weighted by Crippen LogP contribution is -2.33. The summed E-state index contributed by atoms with van der Waals surface area (Å²) in [6, 6.07) is 0.621. The third-order valence-corrected chi connectivity index (χ3v) is 3.49. The van der Waals surface area contributed by atoms with Crippen molar-refractivity contribution in [2.45, 2.75) is 52.0 Å². The van der Waals surface area contributed by atoms with Crippen LogP contribution in [0.1, 0.15) is 44.3 Å². The first-order valence-electron chi connectivity index (χ1n) is 6.28. The summed E-state index contributed by atoms with van der Waals surface area (Å²) < 4.78 is 4.93. The first-order valence-corrected chi connectivity index (χ1v) is 6.28. The summed E-state index contributed by atoms with van der Waals surface area (Å²) in [6.07, 6.45) is 6.43. The summed E-state index contributed by atoms with van der Waals surface area (Å²) in [6.45, 7) is 5.05. The quantitative estimate of drug-likeness (QED) is 0.830. The Morgan fingerprint density at radius 3 is 2.81 bits per heavy atom. The Balaban J connectivity index is 1.67. The van der Waals surface area contributed by atoms with Crippen LogP contribution in [0.4, 0.5) is 0 Å². The van der Waals surface area contributed by atoms with Gasteiger partial charge >= 0.3 is 0 Å². The van der Waals surface area contributed by atoms with Gasteiger partial charge in [0, 0.05) is 25.9 Å². The van der Waals surface area contributed by atoms with E-state index < -0.39 is 0 Å². The molecule has 1 saturated carbocycles. The largest absolute Gasteiger partial charge is 0.340 e. The SMILES string of the molecule is Cc1nc(CCNC(C)C2CCCC2)no1. The minimum absolute atomic E-state index is 0.621. The number of aryl methyl sites for hydroxylation is 1. The molecule has 0 aliphatic heterocycles. The van der Waals surface area contributed by atoms with Gasteiger partial charge in [0.05, 0.1) is 0 Å². The lowest BCUT2D eigenvalue weighted by Gasteiger charge is -2.19. The monoisotopic (exact) mass is 223 g/mol. The molecule has 1 unspecified atom stereocenters. The number of nitrogens with one attached hydrogen (secondary N) is 1. The standard InChI is InChI=1S/C12H21N3O/c1-9(11-5-3-4-6-11)13-8-7-12-14-10(2)16-15-12/h9,11,13H,3-8H2,1-2H3. The Morgan fingerprint density at radius 1 is 1.44 bits per heavy atom. The molecule has 1 aromatic heterocycles. The van der Waals surface area contributed by atoms with Crippen molar-refractivity contribution in [1.82, 2.24) is 15.5 Å². The van der Waals surface area contributed by atoms with E-state index >= 15 is 0 Å². The van der Waals surface area contributed by atoms with Gasteiger partial charge in [-0.1, -0.05) is 18.0 Å². The number of aromatic nitrogens is 2. The second kappa shape index (κ2) is 5.43. The van der Waals surface area contributed by atoms with Crippen LogP contribution in [0.2, 0.25) is 0 Å². The zero-order chi connectivity index (χ0) is 11.4. The van der Waals surface area contributed by atoms with Crippen molar-refractivity contribution in [1.29, 1.82) is 0 Å². The molecule has 0 aromatic carbocycles. The van der Waals surface area contributed by atoms with Gasteiger partial charge in [-0.25, -0.2) is 0 Å². The van der Waals surface area contributed by atoms with E-state index in [0.29, 0.717) is 11.9 Å². The van der Waals surface area contributed by atoms with Crippen molar-refractivity contribution >= 4 is 0 Å². The van der Waals surface area contributed by atoms with E-state index in [-0.39, 0.29) is 0 Å². The van der Waals surface area contributed by atoms with Gasteiger partial charge in [-0.3, -0.25) is 0 Å². The number of rotatable bonds is 5. The molecule has 4 heteroatoms. The lowest BCUT2D eigenvalue weighted by molar-refractivity contribution is 0.374. The normalized spacial score (nSPS) is 19.1. The summed E-state index contributed by atoms with van der Waals surface area (Å²) in [4.78, 5) is 4.19. The zero-order valence-electron chi connectivity index (χ0n) is 10.2. The van der Waals surface area contributed by atoms with Crippen LogP contribution >= 0.6 is 0 Å². The third-order valence-electron chi connectivity index (χ3n) is 3.49. The van der Waals surface area contributed by atoms with Crippen molar-refractivity contribution < 1.29 is 4.52 Å². The van der Waals surface area contributed by atoms with E-state index in [1.807, 2.05) is 6.92 Å². The Hall–Kier alpha value is -0.900. The molecule has 0 amide bonds. The minimum atomic E-state index is 0.621. The Morgan fingerprint density at radius 2 is 2.19 bits per heavy atom. The van der Waals surface area contributed by atoms with Crippen LogP contribution in [0.15, 0.2) is 4.52 Å². The molecular formula is C12H21N3O. The first-order chi connectivity index (χ1) is 7.75. The average molecular weight is 223 g/mol. The van der Waals surface area contributed by atoms with Crippen LogP contribution in [0.5, 0.6) is 0 Å². The van der Waals surface area contributed by atoms with Crippen molar-refractivity contribution in [3.05, 3.63) is 11.7 Å². The molecular weight excluding hydrogens is 202 g/mol. The average Bonchev–Trinajstić information content (AvgIpc) is 2.89. The molecule has 0 bridgehead atoms. The van der Waals surface area contributed by atoms with E-state index in [1.165, 1.54) is 25.7 Å². The molecule has 16 heavy (non-hydrogen) atoms. The lowest BCUT2D eigenvalue weighted by atomic mass is 10.00. The smallest absolute Gasteiger partial charge is 0.223 e. The molecule has 1 aliphatic carbocycles. The maximum Gasteiger partial charge on any atom is 0.223 e. The van der Waals surface area contributed by atoms with Crippen LogP contribution in [-0.4, -0.2) is 22.7 Å². The highest BCUT2D eigenvalue weighted by Gasteiger charge is 2.20. The fraction of sp³-hybridized carbons (Fsp3) is 0.833. The number of hydrogen-bond donors (Lipinski definition) is 1. The van der Waals surface area contributed by atoms with Gasteiger partial charge in [-0.2, -0.15) is 4.98 Å². The molecule has 1 aliphatic rings. The predicted molar refractivity (Wildman–Crippen MR) is 62.2 cm³/mol. The van der Waals surface area contributed by atoms with Crippen LogP contribution in [0.3, 0.4) is 0 Å². The van der Waals surface area contributed by atoms with Crippen LogP contribution in [-0.2, 0) is 6.42 Å². The molecule has 2 rings (SSSR count). The van der Waals surface area contributed by atoms with E-state index in [0.717, 1.165) is 24.7 Å². The topological polar surface area (TPSA) is 51.0 Å². The van der Waals surface area contributed by atoms with Gasteiger partial charge in [-0.05, 0) is 25.7 Å². The molecule has 1 atom stereocenters. The summed E-state index contributed by atoms with van der Waals surface area (Å²) >= 11 is 0. The predicted octanol–water partition coefficient (Wildman–Crippen LogP) is 2.09. The molecule has 1 heterocycles. The molecule has 4 nitrogen and oxygen atoms in total. The van der Waals surface area contributed by atoms with Gasteiger partial charge in [0.15, 0.2) is 5.82 Å². The summed E-state index contributed by atoms with van der Waals surface area (Å²) in [7, 11) is 0. The molecule has 0 radical (unpaired) electrons. The van der Waals surface area contributed by atoms with Crippen molar-refractivity contribution in [2.24, 2.45) is 5.92 Å². The van der Waals surface area contributed by atoms with Gasteiger partial charge in [-0.15, -0.1) is 0 Å². The highest BCUT2D eigenvalue weighted by molar-refractivity contribution is 4.85. The van der Waals surface area contributed by atoms with Crippen molar-refractivity contribution in [3.63, 3.8) is 0 Å². The minimum Gasteiger partial charge on any atom is -0.340 e. The third kappa shape index (κ3) is 3.04. The number of nitrogens with zero attached hydrogens (tertiary/aromatic N) is 2. The summed E-state index contributed by atoms with van der Waals surface area (Å²) in [5.41, 5.74) is 0. The van der Waals surface area contributed by atoms with E-state index in [9.17, 15) is 0 Å². The maximum atomic E-state index is 4.93. The fourth-order valence-corrected chi connectivity index (χ4v) is 2.48. The number of hydrogen-bond acceptors (Lipinski definition) is 4. The highest BCUT2D eigenvalue weighted by atomic mass is 16.5. The Labute approximate surface area is 96.8 Å². The van der Waals surface area contributed by atoms with Gasteiger partial charge in [0.2, 0.25) is 5.89 Å². The fourth-order valence-electron chi connectivity index (χ4n) is 2.48. The highest BCUT2D eigenvalue weighted by Crippen LogP contribution is 2.27. The van der Waals surface area contributed by atoms with Gasteiger partial charge < -0.3 is 9.84 Å². The van der Waals surface area contributed by atoms with Crippen LogP contribution in [0.25, 0.3) is 0 Å². The van der Waals surface area contributed by atoms with E-state index in [1.54, 1.807) is 0 Å². The van der Waals surface area contributed by atoms with Crippen molar-refractivity contribution in [2.75, 3.05) is 6.54 Å². The zero-order valence-corrected chi connectivity index (χ0v) is 10.2. The van der Waals surface area contributed by atoms with Crippen molar-refractivity contribution in [3.8, 4) is 0 Å². The molecule has 1 aromatic rings. The first kappa shape index (κ1) is 11.6. The van der Waals surface area contributed by atoms with Gasteiger partial charge in [0.1, 0.15) is 0 Å². The Bertz CT molecular complexity index is 318. The van der Waals surface area contributed by atoms with Gasteiger partial charge in [0.25, 0.3) is 0 Å². The Kier molecular flexibility index (Phi) is 3.93. The molecule has 90 valence electrons. The second-order valence-electron chi connectivity index (χ2n) is 4.77. The summed E-state index contributed by atoms with van der Waals surface area (Å²) in [5.74, 6) is 2.33. The van der Waals surface area contributed by atoms with E-state index in [4.69, 9.17) is 4.52 Å². The van der Waals surface area contributed by atoms with Crippen LogP contribution in [0, 0.1) is 12.8 Å². The second-order valence-corrected chi connectivity index (χ2v) is 4.77. The molecule has 0 saturated heterocycles. The summed E-state index contributed by atoms with van der Waals surface area (Å²) in [5, 5.41) is 7.44. The van der Waals surface area contributed by atoms with Crippen LogP contribution < -0.4 is 5.32 Å². The molecule has 1 N–H and O–H groups in total. The molecule has 1 fully saturated rings. The maximum absolute atomic E-state index is 4.93.